The number of nitrogens with one attached hydrogen (secondary N) is 1. The van der Waals surface area contributed by atoms with Crippen LogP contribution in [0.3, 0.4) is 0 Å². The van der Waals surface area contributed by atoms with Crippen molar-refractivity contribution in [3.8, 4) is 0 Å². The zero-order valence-electron chi connectivity index (χ0n) is 10.6. The Balaban J connectivity index is 2.82. The minimum absolute atomic E-state index is 0.214. The van der Waals surface area contributed by atoms with Crippen molar-refractivity contribution in [2.45, 2.75) is 38.3 Å². The van der Waals surface area contributed by atoms with E-state index in [2.05, 4.69) is 5.32 Å². The van der Waals surface area contributed by atoms with Crippen molar-refractivity contribution in [3.05, 3.63) is 35.4 Å². The number of hydrogen-bond donors (Lipinski definition) is 2. The summed E-state index contributed by atoms with van der Waals surface area (Å²) >= 11 is 0. The van der Waals surface area contributed by atoms with Crippen LogP contribution in [0.2, 0.25) is 0 Å². The van der Waals surface area contributed by atoms with Gasteiger partial charge in [-0.05, 0) is 51.9 Å². The number of hydrogen-bond acceptors (Lipinski definition) is 2. The van der Waals surface area contributed by atoms with Crippen molar-refractivity contribution < 1.29 is 8.78 Å². The molecule has 0 amide bonds. The first-order valence-corrected chi connectivity index (χ1v) is 5.74. The van der Waals surface area contributed by atoms with Gasteiger partial charge in [-0.1, -0.05) is 0 Å². The van der Waals surface area contributed by atoms with Crippen molar-refractivity contribution in [2.24, 2.45) is 5.73 Å². The molecule has 0 aliphatic carbocycles. The molecule has 0 saturated heterocycles. The van der Waals surface area contributed by atoms with Gasteiger partial charge in [-0.25, -0.2) is 8.78 Å². The van der Waals surface area contributed by atoms with Crippen LogP contribution >= 0.6 is 0 Å². The lowest BCUT2D eigenvalue weighted by Crippen LogP contribution is -2.33. The second-order valence-corrected chi connectivity index (χ2v) is 5.03. The van der Waals surface area contributed by atoms with E-state index in [4.69, 9.17) is 5.73 Å². The number of benzene rings is 1. The molecule has 1 aromatic carbocycles. The van der Waals surface area contributed by atoms with E-state index in [9.17, 15) is 8.78 Å². The average molecular weight is 242 g/mol. The molecule has 17 heavy (non-hydrogen) atoms. The molecule has 0 heterocycles. The molecule has 0 radical (unpaired) electrons. The Morgan fingerprint density at radius 3 is 2.53 bits per heavy atom. The van der Waals surface area contributed by atoms with E-state index in [0.29, 0.717) is 12.0 Å². The van der Waals surface area contributed by atoms with E-state index in [1.54, 1.807) is 7.05 Å². The van der Waals surface area contributed by atoms with Gasteiger partial charge in [0.25, 0.3) is 0 Å². The van der Waals surface area contributed by atoms with Gasteiger partial charge in [0.05, 0.1) is 0 Å². The molecular formula is C13H20F2N2. The summed E-state index contributed by atoms with van der Waals surface area (Å²) in [6.45, 7) is 3.84. The minimum Gasteiger partial charge on any atom is -0.326 e. The third kappa shape index (κ3) is 4.40. The molecule has 0 aliphatic heterocycles. The Morgan fingerprint density at radius 1 is 1.35 bits per heavy atom. The summed E-state index contributed by atoms with van der Waals surface area (Å²) in [7, 11) is 1.73. The fraction of sp³-hybridized carbons (Fsp3) is 0.538. The second-order valence-electron chi connectivity index (χ2n) is 5.03. The van der Waals surface area contributed by atoms with Crippen LogP contribution in [0.1, 0.15) is 38.3 Å². The normalized spacial score (nSPS) is 13.8. The van der Waals surface area contributed by atoms with E-state index in [1.165, 1.54) is 6.07 Å². The van der Waals surface area contributed by atoms with Crippen molar-refractivity contribution in [2.75, 3.05) is 7.05 Å². The summed E-state index contributed by atoms with van der Waals surface area (Å²) < 4.78 is 26.7. The van der Waals surface area contributed by atoms with E-state index < -0.39 is 5.82 Å². The Hall–Kier alpha value is -1.00. The summed E-state index contributed by atoms with van der Waals surface area (Å²) in [5.74, 6) is -0.811. The van der Waals surface area contributed by atoms with Gasteiger partial charge in [0, 0.05) is 17.1 Å². The highest BCUT2D eigenvalue weighted by molar-refractivity contribution is 5.22. The SMILES string of the molecule is CNC(CCC(C)(C)N)c1cc(F)ccc1F. The van der Waals surface area contributed by atoms with E-state index >= 15 is 0 Å². The Bertz CT molecular complexity index is 372. The van der Waals surface area contributed by atoms with Gasteiger partial charge in [-0.2, -0.15) is 0 Å². The first-order valence-electron chi connectivity index (χ1n) is 5.74. The molecule has 2 nitrogen and oxygen atoms in total. The zero-order valence-corrected chi connectivity index (χ0v) is 10.6. The van der Waals surface area contributed by atoms with Gasteiger partial charge in [-0.15, -0.1) is 0 Å². The molecule has 0 spiro atoms. The molecule has 1 aromatic rings. The molecule has 1 rings (SSSR count). The van der Waals surface area contributed by atoms with Crippen LogP contribution in [0, 0.1) is 11.6 Å². The monoisotopic (exact) mass is 242 g/mol. The minimum atomic E-state index is -0.423. The second kappa shape index (κ2) is 5.56. The molecule has 96 valence electrons. The van der Waals surface area contributed by atoms with Crippen molar-refractivity contribution >= 4 is 0 Å². The maximum Gasteiger partial charge on any atom is 0.128 e. The molecule has 0 aliphatic rings. The summed E-state index contributed by atoms with van der Waals surface area (Å²) in [4.78, 5) is 0. The Morgan fingerprint density at radius 2 is 2.00 bits per heavy atom. The van der Waals surface area contributed by atoms with E-state index in [0.717, 1.165) is 18.6 Å². The molecule has 0 saturated carbocycles. The van der Waals surface area contributed by atoms with Crippen molar-refractivity contribution in [3.63, 3.8) is 0 Å². The van der Waals surface area contributed by atoms with Crippen molar-refractivity contribution in [1.82, 2.24) is 5.32 Å². The van der Waals surface area contributed by atoms with Gasteiger partial charge in [0.1, 0.15) is 11.6 Å². The standard InChI is InChI=1S/C13H20F2N2/c1-13(2,16)7-6-12(17-3)10-8-9(14)4-5-11(10)15/h4-5,8,12,17H,6-7,16H2,1-3H3. The predicted octanol–water partition coefficient (Wildman–Crippen LogP) is 2.74. The summed E-state index contributed by atoms with van der Waals surface area (Å²) in [6.07, 6.45) is 1.40. The number of halogens is 2. The van der Waals surface area contributed by atoms with Gasteiger partial charge in [-0.3, -0.25) is 0 Å². The smallest absolute Gasteiger partial charge is 0.128 e. The fourth-order valence-electron chi connectivity index (χ4n) is 1.75. The maximum atomic E-state index is 13.6. The third-order valence-corrected chi connectivity index (χ3v) is 2.76. The van der Waals surface area contributed by atoms with Gasteiger partial charge < -0.3 is 11.1 Å². The average Bonchev–Trinajstić information content (AvgIpc) is 2.22. The molecule has 3 N–H and O–H groups in total. The highest BCUT2D eigenvalue weighted by Crippen LogP contribution is 2.24. The molecule has 1 unspecified atom stereocenters. The maximum absolute atomic E-state index is 13.6. The Labute approximate surface area is 101 Å². The molecular weight excluding hydrogens is 222 g/mol. The topological polar surface area (TPSA) is 38.0 Å². The first-order chi connectivity index (χ1) is 7.83. The van der Waals surface area contributed by atoms with Crippen LogP contribution < -0.4 is 11.1 Å². The number of rotatable bonds is 5. The molecule has 1 atom stereocenters. The molecule has 4 heteroatoms. The lowest BCUT2D eigenvalue weighted by Gasteiger charge is -2.23. The lowest BCUT2D eigenvalue weighted by atomic mass is 9.93. The highest BCUT2D eigenvalue weighted by Gasteiger charge is 2.18. The summed E-state index contributed by atoms with van der Waals surface area (Å²) in [5.41, 5.74) is 5.94. The van der Waals surface area contributed by atoms with Crippen molar-refractivity contribution in [1.29, 1.82) is 0 Å². The first kappa shape index (κ1) is 14.1. The number of nitrogens with two attached hydrogens (primary N) is 1. The van der Waals surface area contributed by atoms with Crippen LogP contribution in [0.4, 0.5) is 8.78 Å². The van der Waals surface area contributed by atoms with Crippen LogP contribution in [0.15, 0.2) is 18.2 Å². The van der Waals surface area contributed by atoms with E-state index in [1.807, 2.05) is 13.8 Å². The van der Waals surface area contributed by atoms with Crippen LogP contribution in [-0.4, -0.2) is 12.6 Å². The summed E-state index contributed by atoms with van der Waals surface area (Å²) in [6, 6.07) is 3.30. The molecule has 0 aromatic heterocycles. The van der Waals surface area contributed by atoms with Gasteiger partial charge >= 0.3 is 0 Å². The highest BCUT2D eigenvalue weighted by atomic mass is 19.1. The zero-order chi connectivity index (χ0) is 13.1. The van der Waals surface area contributed by atoms with Crippen LogP contribution in [0.25, 0.3) is 0 Å². The van der Waals surface area contributed by atoms with Crippen LogP contribution in [0.5, 0.6) is 0 Å². The Kier molecular flexibility index (Phi) is 4.60. The fourth-order valence-corrected chi connectivity index (χ4v) is 1.75. The van der Waals surface area contributed by atoms with Gasteiger partial charge in [0.2, 0.25) is 0 Å². The molecule has 0 bridgehead atoms. The lowest BCUT2D eigenvalue weighted by molar-refractivity contribution is 0.402. The quantitative estimate of drug-likeness (QED) is 0.833. The predicted molar refractivity (Wildman–Crippen MR) is 65.7 cm³/mol. The van der Waals surface area contributed by atoms with Crippen LogP contribution in [-0.2, 0) is 0 Å². The van der Waals surface area contributed by atoms with E-state index in [-0.39, 0.29) is 17.4 Å². The summed E-state index contributed by atoms with van der Waals surface area (Å²) in [5, 5.41) is 3.00. The largest absolute Gasteiger partial charge is 0.326 e. The van der Waals surface area contributed by atoms with Gasteiger partial charge in [0.15, 0.2) is 0 Å². The molecule has 0 fully saturated rings. The third-order valence-electron chi connectivity index (χ3n) is 2.76.